The SMILES string of the molecule is Cc1ccc([N-]c2ccc(C)cc2[PH+](C(C)C)C(C)C)c([PH+](C(C)C)C(C)C)c1.O=C[O-].[Ni+2]. The van der Waals surface area contributed by atoms with Crippen LogP contribution in [0.3, 0.4) is 0 Å². The van der Waals surface area contributed by atoms with E-state index in [2.05, 4.69) is 106 Å². The molecule has 0 saturated heterocycles. The van der Waals surface area contributed by atoms with Gasteiger partial charge in [0, 0.05) is 22.3 Å². The second kappa shape index (κ2) is 15.1. The van der Waals surface area contributed by atoms with Gasteiger partial charge in [0.2, 0.25) is 0 Å². The van der Waals surface area contributed by atoms with E-state index in [-0.39, 0.29) is 16.5 Å². The molecule has 0 aliphatic rings. The summed E-state index contributed by atoms with van der Waals surface area (Å²) in [5, 5.41) is 16.6. The van der Waals surface area contributed by atoms with Gasteiger partial charge in [-0.2, -0.15) is 0 Å². The van der Waals surface area contributed by atoms with Crippen molar-refractivity contribution < 1.29 is 26.4 Å². The van der Waals surface area contributed by atoms with Crippen molar-refractivity contribution in [3.63, 3.8) is 0 Å². The van der Waals surface area contributed by atoms with Crippen molar-refractivity contribution >= 4 is 44.3 Å². The molecule has 0 aliphatic carbocycles. The molecule has 6 heteroatoms. The quantitative estimate of drug-likeness (QED) is 0.226. The molecule has 0 saturated carbocycles. The number of carbonyl (C=O) groups is 1. The van der Waals surface area contributed by atoms with Crippen molar-refractivity contribution in [3.05, 3.63) is 52.8 Å². The topological polar surface area (TPSA) is 54.2 Å². The normalized spacial score (nSPS) is 11.2. The predicted molar refractivity (Wildman–Crippen MR) is 148 cm³/mol. The number of rotatable bonds is 8. The third-order valence-electron chi connectivity index (χ3n) is 5.66. The number of hydrogen-bond donors (Lipinski definition) is 0. The van der Waals surface area contributed by atoms with Gasteiger partial charge in [0.15, 0.2) is 0 Å². The standard InChI is InChI=1S/C26H40NP2.CH2O2.Ni/c1-17(2)28(18(3)4)25-15-21(9)11-13-23(25)27-24-14-12-22(10)16-26(24)29(19(5)6)20(7)8;2-1-3;/h11-20H,1-10H3;1H,(H,2,3);/q-1;;+2/p+1. The van der Waals surface area contributed by atoms with Crippen molar-refractivity contribution in [1.29, 1.82) is 0 Å². The van der Waals surface area contributed by atoms with Gasteiger partial charge in [0.25, 0.3) is 0 Å². The van der Waals surface area contributed by atoms with Crippen molar-refractivity contribution in [3.8, 4) is 0 Å². The maximum atomic E-state index is 8.25. The van der Waals surface area contributed by atoms with Crippen molar-refractivity contribution in [2.45, 2.75) is 91.9 Å². The molecule has 2 rings (SSSR count). The summed E-state index contributed by atoms with van der Waals surface area (Å²) in [6.45, 7) is 23.0. The molecular formula is C27H43NNiO2P2+2. The van der Waals surface area contributed by atoms with Crippen LogP contribution in [0, 0.1) is 13.8 Å². The van der Waals surface area contributed by atoms with Crippen LogP contribution in [-0.2, 0) is 21.3 Å². The summed E-state index contributed by atoms with van der Waals surface area (Å²) < 4.78 is 0. The largest absolute Gasteiger partial charge is 2.00 e. The van der Waals surface area contributed by atoms with Gasteiger partial charge < -0.3 is 15.2 Å². The summed E-state index contributed by atoms with van der Waals surface area (Å²) in [6, 6.07) is 13.8. The third-order valence-corrected chi connectivity index (χ3v) is 12.7. The van der Waals surface area contributed by atoms with Crippen LogP contribution in [0.15, 0.2) is 36.4 Å². The summed E-state index contributed by atoms with van der Waals surface area (Å²) in [6.07, 6.45) is 0. The zero-order chi connectivity index (χ0) is 24.6. The van der Waals surface area contributed by atoms with Crippen LogP contribution in [-0.4, -0.2) is 29.1 Å². The minimum absolute atomic E-state index is 0. The van der Waals surface area contributed by atoms with Gasteiger partial charge in [-0.25, -0.2) is 0 Å². The molecule has 2 aromatic rings. The van der Waals surface area contributed by atoms with Crippen LogP contribution in [0.5, 0.6) is 0 Å². The first kappa shape index (κ1) is 32.1. The van der Waals surface area contributed by atoms with Crippen molar-refractivity contribution in [1.82, 2.24) is 0 Å². The molecule has 0 N–H and O–H groups in total. The second-order valence-electron chi connectivity index (χ2n) is 9.78. The predicted octanol–water partition coefficient (Wildman–Crippen LogP) is 6.32. The number of carboxylic acid groups (broad SMARTS) is 1. The molecule has 0 spiro atoms. The van der Waals surface area contributed by atoms with Crippen LogP contribution in [0.2, 0.25) is 0 Å². The Bertz CT molecular complexity index is 786. The number of aryl methyl sites for hydroxylation is 2. The number of nitrogens with zero attached hydrogens (tertiary/aromatic N) is 1. The monoisotopic (exact) mass is 533 g/mol. The molecule has 0 aromatic heterocycles. The molecular weight excluding hydrogens is 491 g/mol. The van der Waals surface area contributed by atoms with E-state index in [1.54, 1.807) is 0 Å². The number of benzene rings is 2. The van der Waals surface area contributed by atoms with E-state index < -0.39 is 22.3 Å². The minimum atomic E-state index is -0.685. The summed E-state index contributed by atoms with van der Waals surface area (Å²) >= 11 is 0. The molecule has 0 aliphatic heterocycles. The zero-order valence-electron chi connectivity index (χ0n) is 21.9. The molecule has 0 unspecified atom stereocenters. The Morgan fingerprint density at radius 1 is 0.697 bits per heavy atom. The fourth-order valence-electron chi connectivity index (χ4n) is 4.66. The summed E-state index contributed by atoms with van der Waals surface area (Å²) in [5.41, 5.74) is 7.87. The minimum Gasteiger partial charge on any atom is -0.651 e. The van der Waals surface area contributed by atoms with E-state index in [9.17, 15) is 0 Å². The molecule has 0 amide bonds. The van der Waals surface area contributed by atoms with E-state index in [0.29, 0.717) is 22.6 Å². The molecule has 33 heavy (non-hydrogen) atoms. The maximum absolute atomic E-state index is 8.25. The average molecular weight is 534 g/mol. The third kappa shape index (κ3) is 9.32. The fraction of sp³-hybridized carbons (Fsp3) is 0.519. The number of hydrogen-bond acceptors (Lipinski definition) is 2. The summed E-state index contributed by atoms with van der Waals surface area (Å²) in [5.74, 6) is 0. The van der Waals surface area contributed by atoms with E-state index in [1.165, 1.54) is 33.1 Å². The zero-order valence-corrected chi connectivity index (χ0v) is 24.9. The fourth-order valence-corrected chi connectivity index (χ4v) is 11.5. The molecule has 0 radical (unpaired) electrons. The van der Waals surface area contributed by atoms with Crippen molar-refractivity contribution in [2.24, 2.45) is 0 Å². The molecule has 0 fully saturated rings. The van der Waals surface area contributed by atoms with Crippen LogP contribution in [0.4, 0.5) is 11.4 Å². The van der Waals surface area contributed by atoms with E-state index >= 15 is 0 Å². The molecule has 186 valence electrons. The Labute approximate surface area is 215 Å². The Balaban J connectivity index is 0.00000242. The van der Waals surface area contributed by atoms with Gasteiger partial charge in [0.05, 0.1) is 33.2 Å². The van der Waals surface area contributed by atoms with E-state index in [0.717, 1.165) is 0 Å². The van der Waals surface area contributed by atoms with Gasteiger partial charge in [0.1, 0.15) is 0 Å². The Morgan fingerprint density at radius 3 is 1.21 bits per heavy atom. The molecule has 2 aromatic carbocycles. The summed E-state index contributed by atoms with van der Waals surface area (Å²) in [7, 11) is -1.37. The molecule has 0 atom stereocenters. The van der Waals surface area contributed by atoms with Crippen LogP contribution in [0.25, 0.3) is 5.32 Å². The molecule has 3 nitrogen and oxygen atoms in total. The Hall–Kier alpha value is -0.936. The van der Waals surface area contributed by atoms with Crippen molar-refractivity contribution in [2.75, 3.05) is 0 Å². The molecule has 0 bridgehead atoms. The Morgan fingerprint density at radius 2 is 0.970 bits per heavy atom. The van der Waals surface area contributed by atoms with Gasteiger partial charge in [-0.15, -0.1) is 0 Å². The van der Waals surface area contributed by atoms with E-state index in [1.807, 2.05) is 0 Å². The van der Waals surface area contributed by atoms with Crippen LogP contribution >= 0.6 is 15.8 Å². The van der Waals surface area contributed by atoms with Crippen LogP contribution < -0.4 is 15.7 Å². The van der Waals surface area contributed by atoms with E-state index in [4.69, 9.17) is 15.2 Å². The second-order valence-corrected chi connectivity index (χ2v) is 17.3. The van der Waals surface area contributed by atoms with Gasteiger partial charge in [-0.1, -0.05) is 35.6 Å². The smallest absolute Gasteiger partial charge is 0.651 e. The summed E-state index contributed by atoms with van der Waals surface area (Å²) in [4.78, 5) is 8.25. The first-order chi connectivity index (χ1) is 14.9. The maximum Gasteiger partial charge on any atom is 2.00 e. The van der Waals surface area contributed by atoms with Crippen LogP contribution in [0.1, 0.15) is 66.5 Å². The average Bonchev–Trinajstić information content (AvgIpc) is 2.65. The number of carbonyl (C=O) groups excluding carboxylic acids is 1. The van der Waals surface area contributed by atoms with Gasteiger partial charge >= 0.3 is 16.5 Å². The Kier molecular flexibility index (Phi) is 14.7. The van der Waals surface area contributed by atoms with Gasteiger partial charge in [-0.3, -0.25) is 0 Å². The first-order valence-corrected chi connectivity index (χ1v) is 15.0. The van der Waals surface area contributed by atoms with Gasteiger partial charge in [-0.05, 0) is 92.5 Å². The molecule has 0 heterocycles. The first-order valence-electron chi connectivity index (χ1n) is 11.7.